The van der Waals surface area contributed by atoms with Crippen LogP contribution in [-0.4, -0.2) is 36.2 Å². The van der Waals surface area contributed by atoms with Crippen LogP contribution < -0.4 is 24.8 Å². The van der Waals surface area contributed by atoms with Gasteiger partial charge in [-0.3, -0.25) is 9.59 Å². The molecular formula is C22H16N2O6S. The van der Waals surface area contributed by atoms with Crippen molar-refractivity contribution in [1.29, 1.82) is 0 Å². The van der Waals surface area contributed by atoms with Crippen molar-refractivity contribution >= 4 is 35.2 Å². The van der Waals surface area contributed by atoms with Crippen LogP contribution in [0.4, 0.5) is 5.69 Å². The zero-order chi connectivity index (χ0) is 21.3. The summed E-state index contributed by atoms with van der Waals surface area (Å²) in [5, 5.41) is -0.510. The van der Waals surface area contributed by atoms with Gasteiger partial charge in [0.15, 0.2) is 11.5 Å². The van der Waals surface area contributed by atoms with E-state index in [4.69, 9.17) is 19.9 Å². The van der Waals surface area contributed by atoms with Crippen LogP contribution in [0.15, 0.2) is 53.1 Å². The second kappa shape index (κ2) is 6.52. The summed E-state index contributed by atoms with van der Waals surface area (Å²) < 4.78 is 16.6. The van der Waals surface area contributed by atoms with E-state index in [2.05, 4.69) is 0 Å². The van der Waals surface area contributed by atoms with Gasteiger partial charge in [-0.15, -0.1) is 0 Å². The number of hydrogen-bond donors (Lipinski definition) is 1. The third kappa shape index (κ3) is 2.53. The Bertz CT molecular complexity index is 1210. The van der Waals surface area contributed by atoms with E-state index in [1.807, 2.05) is 6.07 Å². The fourth-order valence-corrected chi connectivity index (χ4v) is 5.87. The molecule has 1 saturated heterocycles. The van der Waals surface area contributed by atoms with Crippen molar-refractivity contribution in [2.45, 2.75) is 11.2 Å². The predicted molar refractivity (Wildman–Crippen MR) is 111 cm³/mol. The number of hydrogen-bond acceptors (Lipinski definition) is 8. The summed E-state index contributed by atoms with van der Waals surface area (Å²) >= 11 is 1.05. The first-order valence-electron chi connectivity index (χ1n) is 9.79. The van der Waals surface area contributed by atoms with Crippen molar-refractivity contribution in [3.63, 3.8) is 0 Å². The van der Waals surface area contributed by atoms with E-state index >= 15 is 0 Å². The Morgan fingerprint density at radius 3 is 2.55 bits per heavy atom. The maximum atomic E-state index is 13.6. The first-order valence-corrected chi connectivity index (χ1v) is 10.7. The number of ether oxygens (including phenoxy) is 3. The van der Waals surface area contributed by atoms with E-state index in [0.717, 1.165) is 11.8 Å². The molecule has 0 aliphatic carbocycles. The molecule has 2 amide bonds. The number of carbonyl (C=O) groups excluding carboxylic acids is 3. The molecule has 0 bridgehead atoms. The first kappa shape index (κ1) is 18.3. The van der Waals surface area contributed by atoms with Crippen LogP contribution in [0, 0.1) is 5.92 Å². The summed E-state index contributed by atoms with van der Waals surface area (Å²) in [6.07, 6.45) is 0. The van der Waals surface area contributed by atoms with E-state index in [9.17, 15) is 14.4 Å². The molecule has 2 aromatic rings. The van der Waals surface area contributed by atoms with Crippen LogP contribution in [0.3, 0.4) is 0 Å². The molecule has 4 aliphatic heterocycles. The van der Waals surface area contributed by atoms with Crippen LogP contribution in [0.5, 0.6) is 17.2 Å². The Balaban J connectivity index is 1.46. The number of rotatable bonds is 1. The standard InChI is InChI=1S/C22H16N2O6S/c23-19-17-15(11-3-1-2-4-12(11)30-22(17)27)16-18(31-19)21(26)24(20(16)25)10-5-6-13-14(9-10)29-8-7-28-13/h1-6,9,15-16,18H,7-8,23H2. The molecule has 8 nitrogen and oxygen atoms in total. The molecule has 1 fully saturated rings. The third-order valence-corrected chi connectivity index (χ3v) is 7.17. The monoisotopic (exact) mass is 436 g/mol. The van der Waals surface area contributed by atoms with Crippen LogP contribution in [0.25, 0.3) is 0 Å². The van der Waals surface area contributed by atoms with E-state index in [-0.39, 0.29) is 22.4 Å². The van der Waals surface area contributed by atoms with Gasteiger partial charge in [-0.25, -0.2) is 9.69 Å². The van der Waals surface area contributed by atoms with Gasteiger partial charge in [0, 0.05) is 17.5 Å². The third-order valence-electron chi connectivity index (χ3n) is 5.95. The van der Waals surface area contributed by atoms with E-state index < -0.39 is 23.1 Å². The lowest BCUT2D eigenvalue weighted by molar-refractivity contribution is -0.131. The van der Waals surface area contributed by atoms with Gasteiger partial charge in [0.1, 0.15) is 24.2 Å². The summed E-state index contributed by atoms with van der Waals surface area (Å²) in [6.45, 7) is 0.837. The van der Waals surface area contributed by atoms with Crippen molar-refractivity contribution in [3.05, 3.63) is 58.6 Å². The summed E-state index contributed by atoms with van der Waals surface area (Å²) in [5.74, 6) is -1.28. The number of para-hydroxylation sites is 1. The SMILES string of the molecule is NC1=C2C(=O)Oc3ccccc3C2C2C(=O)N(c3ccc4c(c3)OCCO4)C(=O)C2S1. The zero-order valence-corrected chi connectivity index (χ0v) is 16.9. The summed E-state index contributed by atoms with van der Waals surface area (Å²) in [5.41, 5.74) is 7.53. The molecule has 0 saturated carbocycles. The minimum Gasteiger partial charge on any atom is -0.486 e. The Morgan fingerprint density at radius 1 is 0.935 bits per heavy atom. The Labute approximate surface area is 180 Å². The average molecular weight is 436 g/mol. The molecule has 4 heterocycles. The highest BCUT2D eigenvalue weighted by Crippen LogP contribution is 2.54. The summed E-state index contributed by atoms with van der Waals surface area (Å²) in [7, 11) is 0. The second-order valence-electron chi connectivity index (χ2n) is 7.59. The van der Waals surface area contributed by atoms with E-state index in [1.165, 1.54) is 4.90 Å². The van der Waals surface area contributed by atoms with Crippen molar-refractivity contribution in [2.75, 3.05) is 18.1 Å². The molecule has 31 heavy (non-hydrogen) atoms. The molecule has 3 unspecified atom stereocenters. The number of anilines is 1. The highest BCUT2D eigenvalue weighted by atomic mass is 32.2. The predicted octanol–water partition coefficient (Wildman–Crippen LogP) is 1.94. The maximum Gasteiger partial charge on any atom is 0.342 e. The number of nitrogens with two attached hydrogens (primary N) is 1. The largest absolute Gasteiger partial charge is 0.486 e. The van der Waals surface area contributed by atoms with Crippen molar-refractivity contribution in [2.24, 2.45) is 11.7 Å². The van der Waals surface area contributed by atoms with E-state index in [1.54, 1.807) is 36.4 Å². The smallest absolute Gasteiger partial charge is 0.342 e. The van der Waals surface area contributed by atoms with Crippen LogP contribution in [0.1, 0.15) is 11.5 Å². The highest BCUT2D eigenvalue weighted by molar-refractivity contribution is 8.04. The van der Waals surface area contributed by atoms with Crippen molar-refractivity contribution in [3.8, 4) is 17.2 Å². The number of esters is 1. The van der Waals surface area contributed by atoms with Gasteiger partial charge < -0.3 is 19.9 Å². The number of fused-ring (bicyclic) bond motifs is 6. The quantitative estimate of drug-likeness (QED) is 0.411. The number of benzene rings is 2. The van der Waals surface area contributed by atoms with Crippen molar-refractivity contribution < 1.29 is 28.6 Å². The normalized spacial score (nSPS) is 26.3. The number of amides is 2. The van der Waals surface area contributed by atoms with Gasteiger partial charge in [0.25, 0.3) is 0 Å². The lowest BCUT2D eigenvalue weighted by Crippen LogP contribution is -2.39. The Morgan fingerprint density at radius 2 is 1.71 bits per heavy atom. The molecule has 156 valence electrons. The van der Waals surface area contributed by atoms with Crippen molar-refractivity contribution in [1.82, 2.24) is 0 Å². The lowest BCUT2D eigenvalue weighted by atomic mass is 9.77. The van der Waals surface area contributed by atoms with Crippen LogP contribution >= 0.6 is 11.8 Å². The Kier molecular flexibility index (Phi) is 3.85. The van der Waals surface area contributed by atoms with Gasteiger partial charge in [0.2, 0.25) is 11.8 Å². The van der Waals surface area contributed by atoms with Crippen LogP contribution in [-0.2, 0) is 14.4 Å². The highest BCUT2D eigenvalue weighted by Gasteiger charge is 2.58. The number of imide groups is 1. The minimum atomic E-state index is -0.762. The molecule has 0 aromatic heterocycles. The van der Waals surface area contributed by atoms with Gasteiger partial charge in [-0.2, -0.15) is 0 Å². The first-order chi connectivity index (χ1) is 15.0. The molecular weight excluding hydrogens is 420 g/mol. The fraction of sp³-hybridized carbons (Fsp3) is 0.227. The van der Waals surface area contributed by atoms with Crippen LogP contribution in [0.2, 0.25) is 0 Å². The Hall–Kier alpha value is -3.46. The molecule has 2 N–H and O–H groups in total. The van der Waals surface area contributed by atoms with Gasteiger partial charge in [-0.1, -0.05) is 30.0 Å². The zero-order valence-electron chi connectivity index (χ0n) is 16.1. The summed E-state index contributed by atoms with van der Waals surface area (Å²) in [6, 6.07) is 12.0. The average Bonchev–Trinajstić information content (AvgIpc) is 3.02. The number of nitrogens with zero attached hydrogens (tertiary/aromatic N) is 1. The minimum absolute atomic E-state index is 0.218. The summed E-state index contributed by atoms with van der Waals surface area (Å²) in [4.78, 5) is 40.8. The van der Waals surface area contributed by atoms with E-state index in [0.29, 0.717) is 41.7 Å². The number of thioether (sulfide) groups is 1. The van der Waals surface area contributed by atoms with Gasteiger partial charge >= 0.3 is 5.97 Å². The fourth-order valence-electron chi connectivity index (χ4n) is 4.63. The molecule has 2 aromatic carbocycles. The molecule has 4 aliphatic rings. The molecule has 0 spiro atoms. The lowest BCUT2D eigenvalue weighted by Gasteiger charge is -2.36. The number of carbonyl (C=O) groups is 3. The molecule has 6 rings (SSSR count). The maximum absolute atomic E-state index is 13.6. The van der Waals surface area contributed by atoms with Gasteiger partial charge in [0.05, 0.1) is 22.2 Å². The molecule has 0 radical (unpaired) electrons. The second-order valence-corrected chi connectivity index (χ2v) is 8.77. The molecule has 9 heteroatoms. The topological polar surface area (TPSA) is 108 Å². The van der Waals surface area contributed by atoms with Gasteiger partial charge in [-0.05, 0) is 18.2 Å². The molecule has 3 atom stereocenters.